The molecule has 3 N–H and O–H groups in total. The van der Waals surface area contributed by atoms with E-state index in [-0.39, 0.29) is 5.95 Å². The predicted molar refractivity (Wildman–Crippen MR) is 114 cm³/mol. The molecule has 3 heterocycles. The van der Waals surface area contributed by atoms with Crippen LogP contribution in [-0.4, -0.2) is 63.8 Å². The van der Waals surface area contributed by atoms with E-state index in [1.165, 1.54) is 5.56 Å². The fourth-order valence-electron chi connectivity index (χ4n) is 3.50. The molecule has 0 saturated carbocycles. The number of hydrogen-bond donors (Lipinski definition) is 2. The number of imidazole rings is 1. The highest BCUT2D eigenvalue weighted by molar-refractivity contribution is 5.75. The molecule has 0 atom stereocenters. The van der Waals surface area contributed by atoms with Crippen molar-refractivity contribution in [1.82, 2.24) is 24.4 Å². The van der Waals surface area contributed by atoms with Crippen molar-refractivity contribution < 1.29 is 4.74 Å². The van der Waals surface area contributed by atoms with Crippen molar-refractivity contribution in [2.75, 3.05) is 50.4 Å². The molecule has 0 unspecified atom stereocenters. The number of aromatic nitrogens is 4. The number of morpholine rings is 1. The molecule has 3 aromatic rings. The molecule has 8 heteroatoms. The van der Waals surface area contributed by atoms with Gasteiger partial charge in [-0.05, 0) is 30.2 Å². The van der Waals surface area contributed by atoms with Crippen LogP contribution in [0.5, 0.6) is 0 Å². The van der Waals surface area contributed by atoms with Gasteiger partial charge in [-0.1, -0.05) is 18.2 Å². The summed E-state index contributed by atoms with van der Waals surface area (Å²) in [4.78, 5) is 15.2. The Morgan fingerprint density at radius 2 is 2.10 bits per heavy atom. The standard InChI is InChI=1S/C21H27N7O/c22-21-25-14-19(18-4-1-3-17(13-18)15-28-8-6-23-16-28)20(26-21)24-5-2-7-27-9-11-29-12-10-27/h1,3-4,6,8,13-14,16H,2,5,7,9-12,15H2,(H3,22,24,25,26). The molecule has 29 heavy (non-hydrogen) atoms. The molecule has 0 bridgehead atoms. The summed E-state index contributed by atoms with van der Waals surface area (Å²) in [6.07, 6.45) is 8.39. The molecule has 0 spiro atoms. The Labute approximate surface area is 170 Å². The van der Waals surface area contributed by atoms with Gasteiger partial charge < -0.3 is 20.4 Å². The quantitative estimate of drug-likeness (QED) is 0.566. The van der Waals surface area contributed by atoms with Crippen molar-refractivity contribution in [3.63, 3.8) is 0 Å². The van der Waals surface area contributed by atoms with Crippen LogP contribution >= 0.6 is 0 Å². The summed E-state index contributed by atoms with van der Waals surface area (Å²) in [6, 6.07) is 8.40. The van der Waals surface area contributed by atoms with Crippen LogP contribution in [0.25, 0.3) is 11.1 Å². The summed E-state index contributed by atoms with van der Waals surface area (Å²) in [7, 11) is 0. The maximum atomic E-state index is 5.85. The van der Waals surface area contributed by atoms with Crippen LogP contribution in [0.2, 0.25) is 0 Å². The van der Waals surface area contributed by atoms with Crippen LogP contribution in [0.3, 0.4) is 0 Å². The SMILES string of the molecule is Nc1ncc(-c2cccc(Cn3ccnc3)c2)c(NCCCN2CCOCC2)n1. The average molecular weight is 393 g/mol. The Morgan fingerprint density at radius 3 is 2.93 bits per heavy atom. The lowest BCUT2D eigenvalue weighted by atomic mass is 10.0. The number of nitrogens with one attached hydrogen (secondary N) is 1. The van der Waals surface area contributed by atoms with Crippen LogP contribution in [-0.2, 0) is 11.3 Å². The molecule has 1 saturated heterocycles. The number of rotatable bonds is 8. The minimum Gasteiger partial charge on any atom is -0.379 e. The van der Waals surface area contributed by atoms with E-state index in [2.05, 4.69) is 49.4 Å². The smallest absolute Gasteiger partial charge is 0.221 e. The maximum Gasteiger partial charge on any atom is 0.221 e. The number of hydrogen-bond acceptors (Lipinski definition) is 7. The van der Waals surface area contributed by atoms with Gasteiger partial charge >= 0.3 is 0 Å². The monoisotopic (exact) mass is 393 g/mol. The zero-order valence-corrected chi connectivity index (χ0v) is 16.5. The first-order chi connectivity index (χ1) is 14.3. The van der Waals surface area contributed by atoms with Crippen LogP contribution in [0.15, 0.2) is 49.2 Å². The minimum atomic E-state index is 0.277. The largest absolute Gasteiger partial charge is 0.379 e. The summed E-state index contributed by atoms with van der Waals surface area (Å²) >= 11 is 0. The van der Waals surface area contributed by atoms with E-state index < -0.39 is 0 Å². The van der Waals surface area contributed by atoms with Gasteiger partial charge in [0.1, 0.15) is 5.82 Å². The summed E-state index contributed by atoms with van der Waals surface area (Å²) < 4.78 is 7.45. The van der Waals surface area contributed by atoms with E-state index in [0.717, 1.165) is 69.3 Å². The number of nitrogens with two attached hydrogens (primary N) is 1. The number of nitrogen functional groups attached to an aromatic ring is 1. The number of anilines is 2. The van der Waals surface area contributed by atoms with E-state index in [9.17, 15) is 0 Å². The summed E-state index contributed by atoms with van der Waals surface area (Å²) in [5, 5.41) is 3.45. The first-order valence-electron chi connectivity index (χ1n) is 9.99. The van der Waals surface area contributed by atoms with Crippen molar-refractivity contribution in [1.29, 1.82) is 0 Å². The van der Waals surface area contributed by atoms with Crippen molar-refractivity contribution in [2.24, 2.45) is 0 Å². The van der Waals surface area contributed by atoms with E-state index in [1.807, 2.05) is 17.1 Å². The lowest BCUT2D eigenvalue weighted by Crippen LogP contribution is -2.37. The molecule has 1 aromatic carbocycles. The highest BCUT2D eigenvalue weighted by atomic mass is 16.5. The summed E-state index contributed by atoms with van der Waals surface area (Å²) in [5.74, 6) is 1.05. The highest BCUT2D eigenvalue weighted by Gasteiger charge is 2.11. The first kappa shape index (κ1) is 19.4. The molecule has 1 fully saturated rings. The second-order valence-electron chi connectivity index (χ2n) is 7.16. The molecule has 0 radical (unpaired) electrons. The molecule has 1 aliphatic rings. The number of ether oxygens (including phenoxy) is 1. The highest BCUT2D eigenvalue weighted by Crippen LogP contribution is 2.27. The Balaban J connectivity index is 1.43. The van der Waals surface area contributed by atoms with Gasteiger partial charge in [-0.3, -0.25) is 4.90 Å². The summed E-state index contributed by atoms with van der Waals surface area (Å²) in [6.45, 7) is 6.32. The second-order valence-corrected chi connectivity index (χ2v) is 7.16. The third-order valence-electron chi connectivity index (χ3n) is 5.02. The molecule has 0 aliphatic carbocycles. The fourth-order valence-corrected chi connectivity index (χ4v) is 3.50. The van der Waals surface area contributed by atoms with Gasteiger partial charge in [0.15, 0.2) is 0 Å². The number of benzene rings is 1. The van der Waals surface area contributed by atoms with E-state index in [0.29, 0.717) is 0 Å². The van der Waals surface area contributed by atoms with Crippen LogP contribution < -0.4 is 11.1 Å². The zero-order valence-electron chi connectivity index (χ0n) is 16.5. The van der Waals surface area contributed by atoms with Gasteiger partial charge in [0.05, 0.1) is 19.5 Å². The molecule has 0 amide bonds. The van der Waals surface area contributed by atoms with Gasteiger partial charge in [0, 0.05) is 50.3 Å². The van der Waals surface area contributed by atoms with Crippen LogP contribution in [0.4, 0.5) is 11.8 Å². The zero-order chi connectivity index (χ0) is 19.9. The Bertz CT molecular complexity index is 907. The van der Waals surface area contributed by atoms with Crippen molar-refractivity contribution >= 4 is 11.8 Å². The van der Waals surface area contributed by atoms with Gasteiger partial charge in [0.2, 0.25) is 5.95 Å². The molecule has 152 valence electrons. The first-order valence-corrected chi connectivity index (χ1v) is 9.99. The van der Waals surface area contributed by atoms with E-state index >= 15 is 0 Å². The topological polar surface area (TPSA) is 94.1 Å². The molecular weight excluding hydrogens is 366 g/mol. The Kier molecular flexibility index (Phi) is 6.33. The Morgan fingerprint density at radius 1 is 1.21 bits per heavy atom. The molecule has 4 rings (SSSR count). The predicted octanol–water partition coefficient (Wildman–Crippen LogP) is 2.10. The molecule has 1 aliphatic heterocycles. The third-order valence-corrected chi connectivity index (χ3v) is 5.02. The lowest BCUT2D eigenvalue weighted by molar-refractivity contribution is 0.0378. The van der Waals surface area contributed by atoms with Crippen molar-refractivity contribution in [3.05, 3.63) is 54.7 Å². The van der Waals surface area contributed by atoms with Gasteiger partial charge in [0.25, 0.3) is 0 Å². The van der Waals surface area contributed by atoms with Crippen molar-refractivity contribution in [2.45, 2.75) is 13.0 Å². The maximum absolute atomic E-state index is 5.85. The van der Waals surface area contributed by atoms with Gasteiger partial charge in [-0.25, -0.2) is 9.97 Å². The average Bonchev–Trinajstić information content (AvgIpc) is 3.25. The van der Waals surface area contributed by atoms with Gasteiger partial charge in [-0.2, -0.15) is 4.98 Å². The summed E-state index contributed by atoms with van der Waals surface area (Å²) in [5.41, 5.74) is 9.07. The second kappa shape index (κ2) is 9.49. The van der Waals surface area contributed by atoms with Crippen LogP contribution in [0.1, 0.15) is 12.0 Å². The number of nitrogens with zero attached hydrogens (tertiary/aromatic N) is 5. The minimum absolute atomic E-state index is 0.277. The van der Waals surface area contributed by atoms with Crippen LogP contribution in [0, 0.1) is 0 Å². The molecular formula is C21H27N7O. The van der Waals surface area contributed by atoms with E-state index in [4.69, 9.17) is 10.5 Å². The third kappa shape index (κ3) is 5.30. The molecule has 2 aromatic heterocycles. The molecule has 8 nitrogen and oxygen atoms in total. The fraction of sp³-hybridized carbons (Fsp3) is 0.381. The Hall–Kier alpha value is -2.97. The normalized spacial score (nSPS) is 14.8. The van der Waals surface area contributed by atoms with Crippen molar-refractivity contribution in [3.8, 4) is 11.1 Å². The lowest BCUT2D eigenvalue weighted by Gasteiger charge is -2.26. The van der Waals surface area contributed by atoms with Gasteiger partial charge in [-0.15, -0.1) is 0 Å². The van der Waals surface area contributed by atoms with E-state index in [1.54, 1.807) is 12.4 Å².